The molecular formula is C18H22N2O2. The Balaban J connectivity index is 1.94. The first-order chi connectivity index (χ1) is 10.5. The monoisotopic (exact) mass is 298 g/mol. The van der Waals surface area contributed by atoms with E-state index in [1.165, 1.54) is 0 Å². The molecule has 2 aromatic rings. The number of hydrogen-bond donors (Lipinski definition) is 1. The van der Waals surface area contributed by atoms with Crippen molar-refractivity contribution in [1.82, 2.24) is 10.3 Å². The molecule has 0 unspecified atom stereocenters. The number of nitrogens with zero attached hydrogens (tertiary/aromatic N) is 1. The van der Waals surface area contributed by atoms with Gasteiger partial charge in [-0.05, 0) is 50.6 Å². The van der Waals surface area contributed by atoms with Crippen molar-refractivity contribution >= 4 is 5.91 Å². The lowest BCUT2D eigenvalue weighted by atomic mass is 10.0. The normalized spacial score (nSPS) is 11.0. The molecule has 116 valence electrons. The predicted octanol–water partition coefficient (Wildman–Crippen LogP) is 3.58. The third-order valence-electron chi connectivity index (χ3n) is 3.58. The minimum Gasteiger partial charge on any atom is -0.489 e. The quantitative estimate of drug-likeness (QED) is 0.887. The van der Waals surface area contributed by atoms with Crippen LogP contribution in [0.4, 0.5) is 0 Å². The van der Waals surface area contributed by atoms with Gasteiger partial charge < -0.3 is 10.1 Å². The zero-order valence-electron chi connectivity index (χ0n) is 13.3. The largest absolute Gasteiger partial charge is 0.489 e. The molecule has 0 saturated heterocycles. The Morgan fingerprint density at radius 2 is 1.95 bits per heavy atom. The lowest BCUT2D eigenvalue weighted by Gasteiger charge is -2.24. The van der Waals surface area contributed by atoms with E-state index in [0.29, 0.717) is 12.2 Å². The predicted molar refractivity (Wildman–Crippen MR) is 86.8 cm³/mol. The number of aromatic nitrogens is 1. The Morgan fingerprint density at radius 3 is 2.55 bits per heavy atom. The number of benzene rings is 1. The molecule has 0 atom stereocenters. The lowest BCUT2D eigenvalue weighted by molar-refractivity contribution is 0.0911. The van der Waals surface area contributed by atoms with Crippen molar-refractivity contribution < 1.29 is 9.53 Å². The molecule has 4 nitrogen and oxygen atoms in total. The SMILES string of the molecule is CCC(C)(C)NC(=O)c1ccc(OCc2cccnc2)cc1. The molecule has 0 aliphatic rings. The fraction of sp³-hybridized carbons (Fsp3) is 0.333. The molecule has 1 aromatic carbocycles. The zero-order chi connectivity index (χ0) is 16.0. The summed E-state index contributed by atoms with van der Waals surface area (Å²) in [5.41, 5.74) is 1.44. The molecule has 1 heterocycles. The number of ether oxygens (including phenoxy) is 1. The van der Waals surface area contributed by atoms with Crippen molar-refractivity contribution in [3.8, 4) is 5.75 Å². The highest BCUT2D eigenvalue weighted by Crippen LogP contribution is 2.15. The van der Waals surface area contributed by atoms with Gasteiger partial charge in [0.25, 0.3) is 5.91 Å². The van der Waals surface area contributed by atoms with Crippen molar-refractivity contribution in [2.24, 2.45) is 0 Å². The van der Waals surface area contributed by atoms with Gasteiger partial charge in [0, 0.05) is 29.1 Å². The third-order valence-corrected chi connectivity index (χ3v) is 3.58. The number of rotatable bonds is 6. The number of hydrogen-bond acceptors (Lipinski definition) is 3. The van der Waals surface area contributed by atoms with E-state index in [-0.39, 0.29) is 11.4 Å². The molecule has 1 amide bonds. The van der Waals surface area contributed by atoms with Gasteiger partial charge in [-0.3, -0.25) is 9.78 Å². The first-order valence-corrected chi connectivity index (χ1v) is 7.44. The van der Waals surface area contributed by atoms with E-state index in [0.717, 1.165) is 17.7 Å². The average Bonchev–Trinajstić information content (AvgIpc) is 2.54. The van der Waals surface area contributed by atoms with Crippen LogP contribution < -0.4 is 10.1 Å². The number of pyridine rings is 1. The van der Waals surface area contributed by atoms with Crippen molar-refractivity contribution in [2.75, 3.05) is 0 Å². The lowest BCUT2D eigenvalue weighted by Crippen LogP contribution is -2.42. The van der Waals surface area contributed by atoms with E-state index in [1.54, 1.807) is 24.5 Å². The van der Waals surface area contributed by atoms with Crippen molar-refractivity contribution in [2.45, 2.75) is 39.3 Å². The standard InChI is InChI=1S/C18H22N2O2/c1-4-18(2,3)20-17(21)15-7-9-16(10-8-15)22-13-14-6-5-11-19-12-14/h5-12H,4,13H2,1-3H3,(H,20,21). The topological polar surface area (TPSA) is 51.2 Å². The number of carbonyl (C=O) groups is 1. The van der Waals surface area contributed by atoms with Gasteiger partial charge in [-0.25, -0.2) is 0 Å². The summed E-state index contributed by atoms with van der Waals surface area (Å²) in [5, 5.41) is 3.01. The summed E-state index contributed by atoms with van der Waals surface area (Å²) in [6.45, 7) is 6.53. The fourth-order valence-corrected chi connectivity index (χ4v) is 1.82. The zero-order valence-corrected chi connectivity index (χ0v) is 13.3. The van der Waals surface area contributed by atoms with Crippen LogP contribution in [0.2, 0.25) is 0 Å². The number of nitrogens with one attached hydrogen (secondary N) is 1. The van der Waals surface area contributed by atoms with Crippen molar-refractivity contribution in [3.63, 3.8) is 0 Å². The summed E-state index contributed by atoms with van der Waals surface area (Å²) in [6, 6.07) is 11.0. The molecular weight excluding hydrogens is 276 g/mol. The Bertz CT molecular complexity index is 607. The summed E-state index contributed by atoms with van der Waals surface area (Å²) in [7, 11) is 0. The first kappa shape index (κ1) is 16.0. The van der Waals surface area contributed by atoms with Crippen LogP contribution >= 0.6 is 0 Å². The van der Waals surface area contributed by atoms with E-state index >= 15 is 0 Å². The molecule has 0 radical (unpaired) electrons. The summed E-state index contributed by atoms with van der Waals surface area (Å²) >= 11 is 0. The van der Waals surface area contributed by atoms with Crippen LogP contribution in [0, 0.1) is 0 Å². The molecule has 0 fully saturated rings. The Kier molecular flexibility index (Phi) is 5.15. The van der Waals surface area contributed by atoms with Crippen LogP contribution in [0.15, 0.2) is 48.8 Å². The van der Waals surface area contributed by atoms with Crippen LogP contribution in [0.25, 0.3) is 0 Å². The minimum absolute atomic E-state index is 0.0642. The van der Waals surface area contributed by atoms with E-state index < -0.39 is 0 Å². The van der Waals surface area contributed by atoms with Crippen LogP contribution in [-0.4, -0.2) is 16.4 Å². The van der Waals surface area contributed by atoms with Gasteiger partial charge in [0.15, 0.2) is 0 Å². The molecule has 4 heteroatoms. The van der Waals surface area contributed by atoms with Crippen LogP contribution in [0.5, 0.6) is 5.75 Å². The van der Waals surface area contributed by atoms with Crippen LogP contribution in [0.1, 0.15) is 43.1 Å². The van der Waals surface area contributed by atoms with Gasteiger partial charge in [0.1, 0.15) is 12.4 Å². The molecule has 2 rings (SSSR count). The van der Waals surface area contributed by atoms with E-state index in [1.807, 2.05) is 38.1 Å². The Morgan fingerprint density at radius 1 is 1.23 bits per heavy atom. The Labute approximate surface area is 131 Å². The number of amides is 1. The molecule has 22 heavy (non-hydrogen) atoms. The molecule has 0 aliphatic heterocycles. The second-order valence-electron chi connectivity index (χ2n) is 5.87. The summed E-state index contributed by atoms with van der Waals surface area (Å²) in [6.07, 6.45) is 4.38. The molecule has 0 spiro atoms. The second-order valence-corrected chi connectivity index (χ2v) is 5.87. The highest BCUT2D eigenvalue weighted by molar-refractivity contribution is 5.94. The smallest absolute Gasteiger partial charge is 0.251 e. The summed E-state index contributed by atoms with van der Waals surface area (Å²) in [5.74, 6) is 0.667. The van der Waals surface area contributed by atoms with Gasteiger partial charge in [-0.1, -0.05) is 13.0 Å². The van der Waals surface area contributed by atoms with Crippen LogP contribution in [0.3, 0.4) is 0 Å². The van der Waals surface area contributed by atoms with E-state index in [2.05, 4.69) is 17.2 Å². The number of carbonyl (C=O) groups excluding carboxylic acids is 1. The van der Waals surface area contributed by atoms with Gasteiger partial charge in [-0.15, -0.1) is 0 Å². The summed E-state index contributed by atoms with van der Waals surface area (Å²) < 4.78 is 5.68. The van der Waals surface area contributed by atoms with E-state index in [9.17, 15) is 4.79 Å². The minimum atomic E-state index is -0.202. The molecule has 0 aliphatic carbocycles. The maximum Gasteiger partial charge on any atom is 0.251 e. The van der Waals surface area contributed by atoms with Gasteiger partial charge in [0.2, 0.25) is 0 Å². The van der Waals surface area contributed by atoms with Gasteiger partial charge in [0.05, 0.1) is 0 Å². The maximum atomic E-state index is 12.1. The molecule has 0 bridgehead atoms. The molecule has 1 N–H and O–H groups in total. The van der Waals surface area contributed by atoms with Gasteiger partial charge in [-0.2, -0.15) is 0 Å². The first-order valence-electron chi connectivity index (χ1n) is 7.44. The summed E-state index contributed by atoms with van der Waals surface area (Å²) in [4.78, 5) is 16.2. The van der Waals surface area contributed by atoms with Crippen molar-refractivity contribution in [1.29, 1.82) is 0 Å². The molecule has 1 aromatic heterocycles. The van der Waals surface area contributed by atoms with E-state index in [4.69, 9.17) is 4.74 Å². The maximum absolute atomic E-state index is 12.1. The van der Waals surface area contributed by atoms with Crippen molar-refractivity contribution in [3.05, 3.63) is 59.9 Å². The highest BCUT2D eigenvalue weighted by Gasteiger charge is 2.18. The fourth-order valence-electron chi connectivity index (χ4n) is 1.82. The van der Waals surface area contributed by atoms with Gasteiger partial charge >= 0.3 is 0 Å². The third kappa shape index (κ3) is 4.58. The second kappa shape index (κ2) is 7.07. The molecule has 0 saturated carbocycles. The highest BCUT2D eigenvalue weighted by atomic mass is 16.5. The van der Waals surface area contributed by atoms with Crippen LogP contribution in [-0.2, 0) is 6.61 Å². The Hall–Kier alpha value is -2.36. The average molecular weight is 298 g/mol.